The van der Waals surface area contributed by atoms with Crippen LogP contribution in [-0.4, -0.2) is 51.6 Å². The van der Waals surface area contributed by atoms with Gasteiger partial charge >= 0.3 is 0 Å². The Hall–Kier alpha value is -1.69. The number of hydrogen-bond donors (Lipinski definition) is 0. The molecule has 0 saturated carbocycles. The van der Waals surface area contributed by atoms with E-state index < -0.39 is 0 Å². The number of rotatable bonds is 4. The Bertz CT molecular complexity index is 576. The zero-order valence-corrected chi connectivity index (χ0v) is 13.6. The van der Waals surface area contributed by atoms with Crippen LogP contribution >= 0.6 is 0 Å². The first-order chi connectivity index (χ1) is 10.5. The van der Waals surface area contributed by atoms with Crippen LogP contribution < -0.4 is 0 Å². The van der Waals surface area contributed by atoms with Gasteiger partial charge in [0.05, 0.1) is 12.5 Å². The third-order valence-electron chi connectivity index (χ3n) is 4.49. The average molecular weight is 304 g/mol. The van der Waals surface area contributed by atoms with E-state index >= 15 is 0 Å². The first kappa shape index (κ1) is 15.2. The van der Waals surface area contributed by atoms with Crippen LogP contribution in [0.5, 0.6) is 0 Å². The summed E-state index contributed by atoms with van der Waals surface area (Å²) in [5.74, 6) is 1.64. The molecule has 0 unspecified atom stereocenters. The zero-order valence-electron chi connectivity index (χ0n) is 13.6. The fourth-order valence-electron chi connectivity index (χ4n) is 3.37. The molecule has 3 aliphatic heterocycles. The zero-order chi connectivity index (χ0) is 15.7. The molecule has 0 spiro atoms. The standard InChI is InChI=1S/C16H24N4O2/c1-11(2)6-7-20-14-5-4-13(16(20)21)8-19(9-14)10-15-18-17-12(3)22-15/h6,13-14H,4-5,7-10H2,1-3H3/t13-,14+/m0/s1. The number of hydrogen-bond acceptors (Lipinski definition) is 5. The number of carbonyl (C=O) groups is 1. The van der Waals surface area contributed by atoms with Crippen LogP contribution in [0.3, 0.4) is 0 Å². The van der Waals surface area contributed by atoms with Crippen LogP contribution in [0, 0.1) is 12.8 Å². The summed E-state index contributed by atoms with van der Waals surface area (Å²) in [6.07, 6.45) is 4.23. The van der Waals surface area contributed by atoms with Gasteiger partial charge < -0.3 is 9.32 Å². The lowest BCUT2D eigenvalue weighted by molar-refractivity contribution is -0.139. The summed E-state index contributed by atoms with van der Waals surface area (Å²) < 4.78 is 5.48. The second-order valence-electron chi connectivity index (χ2n) is 6.61. The molecule has 2 atom stereocenters. The number of aromatic nitrogens is 2. The van der Waals surface area contributed by atoms with Crippen molar-refractivity contribution in [3.8, 4) is 0 Å². The Balaban J connectivity index is 1.71. The van der Waals surface area contributed by atoms with Gasteiger partial charge in [-0.2, -0.15) is 0 Å². The van der Waals surface area contributed by atoms with Crippen LogP contribution in [0.1, 0.15) is 38.5 Å². The van der Waals surface area contributed by atoms with Crippen molar-refractivity contribution in [3.05, 3.63) is 23.4 Å². The number of fused-ring (bicyclic) bond motifs is 4. The fraction of sp³-hybridized carbons (Fsp3) is 0.688. The van der Waals surface area contributed by atoms with Gasteiger partial charge in [0, 0.05) is 32.6 Å². The topological polar surface area (TPSA) is 62.5 Å². The van der Waals surface area contributed by atoms with E-state index in [1.807, 2.05) is 0 Å². The molecule has 1 amide bonds. The summed E-state index contributed by atoms with van der Waals surface area (Å²) in [5, 5.41) is 7.95. The van der Waals surface area contributed by atoms with Crippen molar-refractivity contribution >= 4 is 5.91 Å². The van der Waals surface area contributed by atoms with Crippen LogP contribution in [0.4, 0.5) is 0 Å². The highest BCUT2D eigenvalue weighted by molar-refractivity contribution is 5.80. The number of allylic oxidation sites excluding steroid dienone is 1. The molecule has 0 radical (unpaired) electrons. The van der Waals surface area contributed by atoms with E-state index in [1.165, 1.54) is 5.57 Å². The molecule has 1 aromatic heterocycles. The Morgan fingerprint density at radius 2 is 2.14 bits per heavy atom. The van der Waals surface area contributed by atoms with Crippen molar-refractivity contribution in [2.45, 2.75) is 46.2 Å². The smallest absolute Gasteiger partial charge is 0.230 e. The van der Waals surface area contributed by atoms with E-state index in [0.717, 1.165) is 32.5 Å². The van der Waals surface area contributed by atoms with Gasteiger partial charge in [-0.15, -0.1) is 10.2 Å². The predicted octanol–water partition coefficient (Wildman–Crippen LogP) is 1.77. The lowest BCUT2D eigenvalue weighted by Gasteiger charge is -2.35. The molecule has 0 N–H and O–H groups in total. The molecular formula is C16H24N4O2. The van der Waals surface area contributed by atoms with Crippen LogP contribution in [0.25, 0.3) is 0 Å². The minimum absolute atomic E-state index is 0.105. The number of nitrogens with zero attached hydrogens (tertiary/aromatic N) is 4. The van der Waals surface area contributed by atoms with Crippen molar-refractivity contribution in [2.24, 2.45) is 5.92 Å². The van der Waals surface area contributed by atoms with E-state index in [9.17, 15) is 4.79 Å². The molecular weight excluding hydrogens is 280 g/mol. The molecule has 6 heteroatoms. The molecule has 22 heavy (non-hydrogen) atoms. The Morgan fingerprint density at radius 1 is 1.32 bits per heavy atom. The molecule has 1 aromatic rings. The lowest BCUT2D eigenvalue weighted by Crippen LogP contribution is -2.47. The maximum Gasteiger partial charge on any atom is 0.230 e. The van der Waals surface area contributed by atoms with Gasteiger partial charge in [-0.3, -0.25) is 9.69 Å². The predicted molar refractivity (Wildman–Crippen MR) is 82.0 cm³/mol. The van der Waals surface area contributed by atoms with Crippen LogP contribution in [-0.2, 0) is 11.3 Å². The van der Waals surface area contributed by atoms with Gasteiger partial charge in [0.25, 0.3) is 0 Å². The highest BCUT2D eigenvalue weighted by Gasteiger charge is 2.40. The second-order valence-corrected chi connectivity index (χ2v) is 6.61. The molecule has 2 bridgehead atoms. The summed E-state index contributed by atoms with van der Waals surface area (Å²) in [6, 6.07) is 0.297. The lowest BCUT2D eigenvalue weighted by atomic mass is 9.94. The average Bonchev–Trinajstić information content (AvgIpc) is 2.69. The second kappa shape index (κ2) is 6.20. The van der Waals surface area contributed by atoms with Crippen molar-refractivity contribution in [3.63, 3.8) is 0 Å². The van der Waals surface area contributed by atoms with Crippen molar-refractivity contribution < 1.29 is 9.21 Å². The molecule has 3 aliphatic rings. The quantitative estimate of drug-likeness (QED) is 0.793. The molecule has 0 aromatic carbocycles. The molecule has 4 rings (SSSR count). The first-order valence-corrected chi connectivity index (χ1v) is 7.98. The van der Waals surface area contributed by atoms with Gasteiger partial charge in [-0.25, -0.2) is 0 Å². The summed E-state index contributed by atoms with van der Waals surface area (Å²) in [6.45, 7) is 9.00. The normalized spacial score (nSPS) is 25.4. The Morgan fingerprint density at radius 3 is 2.82 bits per heavy atom. The van der Waals surface area contributed by atoms with Gasteiger partial charge in [-0.05, 0) is 26.7 Å². The maximum absolute atomic E-state index is 12.6. The number of carbonyl (C=O) groups excluding carboxylic acids is 1. The first-order valence-electron chi connectivity index (χ1n) is 7.98. The number of aryl methyl sites for hydroxylation is 1. The van der Waals surface area contributed by atoms with Gasteiger partial charge in [0.15, 0.2) is 0 Å². The van der Waals surface area contributed by atoms with Crippen molar-refractivity contribution in [2.75, 3.05) is 19.6 Å². The van der Waals surface area contributed by atoms with E-state index in [1.54, 1.807) is 6.92 Å². The minimum Gasteiger partial charge on any atom is -0.424 e. The van der Waals surface area contributed by atoms with Crippen LogP contribution in [0.15, 0.2) is 16.1 Å². The van der Waals surface area contributed by atoms with E-state index in [4.69, 9.17) is 4.42 Å². The van der Waals surface area contributed by atoms with Crippen molar-refractivity contribution in [1.82, 2.24) is 20.0 Å². The molecule has 120 valence electrons. The van der Waals surface area contributed by atoms with E-state index in [-0.39, 0.29) is 5.92 Å². The minimum atomic E-state index is 0.105. The molecule has 6 nitrogen and oxygen atoms in total. The molecule has 0 aliphatic carbocycles. The monoisotopic (exact) mass is 304 g/mol. The fourth-order valence-corrected chi connectivity index (χ4v) is 3.37. The van der Waals surface area contributed by atoms with E-state index in [0.29, 0.717) is 30.3 Å². The van der Waals surface area contributed by atoms with Crippen molar-refractivity contribution in [1.29, 1.82) is 0 Å². The maximum atomic E-state index is 12.6. The SMILES string of the molecule is CC(C)=CCN1C(=O)[C@H]2CC[C@@H]1CN(Cc1nnc(C)o1)C2. The molecule has 3 fully saturated rings. The Labute approximate surface area is 131 Å². The highest BCUT2D eigenvalue weighted by atomic mass is 16.4. The van der Waals surface area contributed by atoms with Gasteiger partial charge in [-0.1, -0.05) is 11.6 Å². The molecule has 3 saturated heterocycles. The third kappa shape index (κ3) is 3.21. The summed E-state index contributed by atoms with van der Waals surface area (Å²) in [5.41, 5.74) is 1.26. The summed E-state index contributed by atoms with van der Waals surface area (Å²) in [7, 11) is 0. The largest absolute Gasteiger partial charge is 0.424 e. The summed E-state index contributed by atoms with van der Waals surface area (Å²) >= 11 is 0. The van der Waals surface area contributed by atoms with Gasteiger partial charge in [0.1, 0.15) is 0 Å². The van der Waals surface area contributed by atoms with Crippen LogP contribution in [0.2, 0.25) is 0 Å². The van der Waals surface area contributed by atoms with Gasteiger partial charge in [0.2, 0.25) is 17.7 Å². The number of piperidine rings is 1. The number of amides is 1. The highest BCUT2D eigenvalue weighted by Crippen LogP contribution is 2.29. The Kier molecular flexibility index (Phi) is 4.29. The third-order valence-corrected chi connectivity index (χ3v) is 4.49. The molecule has 4 heterocycles. The van der Waals surface area contributed by atoms with E-state index in [2.05, 4.69) is 39.9 Å². The summed E-state index contributed by atoms with van der Waals surface area (Å²) in [4.78, 5) is 17.0.